The van der Waals surface area contributed by atoms with E-state index in [1.54, 1.807) is 11.8 Å². The quantitative estimate of drug-likeness (QED) is 0.482. The molecule has 2 rings (SSSR count). The number of benzene rings is 1. The zero-order chi connectivity index (χ0) is 14.9. The van der Waals surface area contributed by atoms with Crippen LogP contribution >= 0.6 is 11.8 Å². The van der Waals surface area contributed by atoms with Crippen LogP contribution in [0.15, 0.2) is 59.8 Å². The van der Waals surface area contributed by atoms with Crippen molar-refractivity contribution in [1.82, 2.24) is 0 Å². The standard InChI is InChI=1S/C17H20N2OS/c1-21-16-9-7-8-15(14-16)18-17(20)10-3-6-13-19-11-4-2-5-12-19/h2,4-5,7-9,11-12,14H,3,6,10,13H2,1H3/p+1. The molecule has 0 saturated heterocycles. The molecule has 3 nitrogen and oxygen atoms in total. The van der Waals surface area contributed by atoms with E-state index < -0.39 is 0 Å². The Morgan fingerprint density at radius 3 is 2.71 bits per heavy atom. The third-order valence-corrected chi connectivity index (χ3v) is 3.93. The largest absolute Gasteiger partial charge is 0.326 e. The van der Waals surface area contributed by atoms with Gasteiger partial charge < -0.3 is 5.32 Å². The molecule has 1 N–H and O–H groups in total. The number of amides is 1. The maximum atomic E-state index is 11.9. The Balaban J connectivity index is 1.70. The SMILES string of the molecule is CSc1cccc(NC(=O)CCCC[n+]2ccccc2)c1. The van der Waals surface area contributed by atoms with Crippen molar-refractivity contribution < 1.29 is 9.36 Å². The van der Waals surface area contributed by atoms with E-state index in [1.165, 1.54) is 0 Å². The first-order chi connectivity index (χ1) is 10.3. The number of aromatic nitrogens is 1. The number of nitrogens with one attached hydrogen (secondary N) is 1. The first kappa shape index (κ1) is 15.6. The number of carbonyl (C=O) groups excluding carboxylic acids is 1. The predicted octanol–water partition coefficient (Wildman–Crippen LogP) is 3.51. The molecule has 0 spiro atoms. The zero-order valence-corrected chi connectivity index (χ0v) is 13.1. The number of unbranched alkanes of at least 4 members (excludes halogenated alkanes) is 1. The number of aryl methyl sites for hydroxylation is 1. The molecule has 0 fully saturated rings. The lowest BCUT2D eigenvalue weighted by molar-refractivity contribution is -0.697. The Bertz CT molecular complexity index is 572. The van der Waals surface area contributed by atoms with Gasteiger partial charge in [-0.05, 0) is 30.9 Å². The van der Waals surface area contributed by atoms with Crippen LogP contribution in [0.3, 0.4) is 0 Å². The van der Waals surface area contributed by atoms with Crippen LogP contribution in [0, 0.1) is 0 Å². The summed E-state index contributed by atoms with van der Waals surface area (Å²) >= 11 is 1.68. The van der Waals surface area contributed by atoms with E-state index in [4.69, 9.17) is 0 Å². The lowest BCUT2D eigenvalue weighted by Crippen LogP contribution is -2.32. The van der Waals surface area contributed by atoms with Gasteiger partial charge in [0.05, 0.1) is 0 Å². The summed E-state index contributed by atoms with van der Waals surface area (Å²) < 4.78 is 2.14. The normalized spacial score (nSPS) is 10.3. The summed E-state index contributed by atoms with van der Waals surface area (Å²) in [5, 5.41) is 2.96. The summed E-state index contributed by atoms with van der Waals surface area (Å²) in [6, 6.07) is 14.0. The van der Waals surface area contributed by atoms with Gasteiger partial charge in [0.25, 0.3) is 0 Å². The average molecular weight is 301 g/mol. The molecule has 0 unspecified atom stereocenters. The van der Waals surface area contributed by atoms with Gasteiger partial charge in [0, 0.05) is 35.6 Å². The number of pyridine rings is 1. The Hall–Kier alpha value is -1.81. The third-order valence-electron chi connectivity index (χ3n) is 3.20. The van der Waals surface area contributed by atoms with Crippen molar-refractivity contribution in [3.63, 3.8) is 0 Å². The highest BCUT2D eigenvalue weighted by Gasteiger charge is 2.04. The summed E-state index contributed by atoms with van der Waals surface area (Å²) in [7, 11) is 0. The number of nitrogens with zero attached hydrogens (tertiary/aromatic N) is 1. The smallest absolute Gasteiger partial charge is 0.224 e. The van der Waals surface area contributed by atoms with E-state index in [0.29, 0.717) is 6.42 Å². The molecular formula is C17H21N2OS+. The maximum absolute atomic E-state index is 11.9. The van der Waals surface area contributed by atoms with Crippen LogP contribution in [0.2, 0.25) is 0 Å². The summed E-state index contributed by atoms with van der Waals surface area (Å²) in [6.07, 6.45) is 8.60. The molecule has 21 heavy (non-hydrogen) atoms. The van der Waals surface area contributed by atoms with Crippen LogP contribution in [0.4, 0.5) is 5.69 Å². The van der Waals surface area contributed by atoms with Gasteiger partial charge in [0.2, 0.25) is 5.91 Å². The minimum absolute atomic E-state index is 0.0892. The monoisotopic (exact) mass is 301 g/mol. The number of rotatable bonds is 7. The van der Waals surface area contributed by atoms with Crippen LogP contribution in [0.1, 0.15) is 19.3 Å². The number of hydrogen-bond donors (Lipinski definition) is 1. The number of thioether (sulfide) groups is 1. The summed E-state index contributed by atoms with van der Waals surface area (Å²) in [5.74, 6) is 0.0892. The van der Waals surface area contributed by atoms with Crippen molar-refractivity contribution in [2.75, 3.05) is 11.6 Å². The van der Waals surface area contributed by atoms with Gasteiger partial charge in [-0.15, -0.1) is 11.8 Å². The minimum atomic E-state index is 0.0892. The Labute approximate surface area is 130 Å². The lowest BCUT2D eigenvalue weighted by atomic mass is 10.2. The van der Waals surface area contributed by atoms with Crippen LogP contribution in [0.5, 0.6) is 0 Å². The summed E-state index contributed by atoms with van der Waals surface area (Å²) in [6.45, 7) is 0.954. The molecule has 1 aromatic heterocycles. The number of hydrogen-bond acceptors (Lipinski definition) is 2. The van der Waals surface area contributed by atoms with Crippen molar-refractivity contribution in [2.24, 2.45) is 0 Å². The second-order valence-electron chi connectivity index (χ2n) is 4.85. The molecule has 0 radical (unpaired) electrons. The van der Waals surface area contributed by atoms with Crippen molar-refractivity contribution >= 4 is 23.4 Å². The Kier molecular flexibility index (Phi) is 6.28. The first-order valence-electron chi connectivity index (χ1n) is 7.16. The molecule has 0 saturated carbocycles. The number of anilines is 1. The van der Waals surface area contributed by atoms with Crippen molar-refractivity contribution in [3.05, 3.63) is 54.9 Å². The summed E-state index contributed by atoms with van der Waals surface area (Å²) in [5.41, 5.74) is 0.879. The Morgan fingerprint density at radius 2 is 1.95 bits per heavy atom. The van der Waals surface area contributed by atoms with Crippen LogP contribution in [-0.2, 0) is 11.3 Å². The van der Waals surface area contributed by atoms with E-state index in [2.05, 4.69) is 9.88 Å². The van der Waals surface area contributed by atoms with Gasteiger partial charge >= 0.3 is 0 Å². The molecule has 110 valence electrons. The third kappa shape index (κ3) is 5.60. The van der Waals surface area contributed by atoms with E-state index in [9.17, 15) is 4.79 Å². The molecule has 4 heteroatoms. The number of carbonyl (C=O) groups is 1. The molecule has 2 aromatic rings. The molecule has 0 atom stereocenters. The van der Waals surface area contributed by atoms with E-state index in [-0.39, 0.29) is 5.91 Å². The van der Waals surface area contributed by atoms with Gasteiger partial charge in [-0.3, -0.25) is 4.79 Å². The van der Waals surface area contributed by atoms with E-state index in [1.807, 2.05) is 61.1 Å². The Morgan fingerprint density at radius 1 is 1.14 bits per heavy atom. The zero-order valence-electron chi connectivity index (χ0n) is 12.3. The molecule has 1 aromatic carbocycles. The molecule has 0 aliphatic carbocycles. The van der Waals surface area contributed by atoms with Crippen molar-refractivity contribution in [1.29, 1.82) is 0 Å². The molecule has 1 heterocycles. The predicted molar refractivity (Wildman–Crippen MR) is 87.3 cm³/mol. The fourth-order valence-corrected chi connectivity index (χ4v) is 2.55. The second kappa shape index (κ2) is 8.47. The highest BCUT2D eigenvalue weighted by atomic mass is 32.2. The van der Waals surface area contributed by atoms with Crippen molar-refractivity contribution in [3.8, 4) is 0 Å². The molecule has 0 aliphatic rings. The minimum Gasteiger partial charge on any atom is -0.326 e. The highest BCUT2D eigenvalue weighted by Crippen LogP contribution is 2.19. The molecule has 1 amide bonds. The van der Waals surface area contributed by atoms with E-state index >= 15 is 0 Å². The lowest BCUT2D eigenvalue weighted by Gasteiger charge is -2.06. The van der Waals surface area contributed by atoms with Gasteiger partial charge in [0.15, 0.2) is 12.4 Å². The first-order valence-corrected chi connectivity index (χ1v) is 8.38. The van der Waals surface area contributed by atoms with Gasteiger partial charge in [-0.1, -0.05) is 12.1 Å². The summed E-state index contributed by atoms with van der Waals surface area (Å²) in [4.78, 5) is 13.1. The van der Waals surface area contributed by atoms with Gasteiger partial charge in [-0.2, -0.15) is 0 Å². The molecule has 0 bridgehead atoms. The van der Waals surface area contributed by atoms with Crippen LogP contribution in [-0.4, -0.2) is 12.2 Å². The second-order valence-corrected chi connectivity index (χ2v) is 5.73. The highest BCUT2D eigenvalue weighted by molar-refractivity contribution is 7.98. The molecular weight excluding hydrogens is 280 g/mol. The average Bonchev–Trinajstić information content (AvgIpc) is 2.53. The topological polar surface area (TPSA) is 33.0 Å². The van der Waals surface area contributed by atoms with Crippen LogP contribution < -0.4 is 9.88 Å². The van der Waals surface area contributed by atoms with Gasteiger partial charge in [0.1, 0.15) is 6.54 Å². The van der Waals surface area contributed by atoms with E-state index in [0.717, 1.165) is 30.0 Å². The van der Waals surface area contributed by atoms with Crippen LogP contribution in [0.25, 0.3) is 0 Å². The fourth-order valence-electron chi connectivity index (χ4n) is 2.09. The van der Waals surface area contributed by atoms with Crippen molar-refractivity contribution in [2.45, 2.75) is 30.7 Å². The molecule has 0 aliphatic heterocycles. The van der Waals surface area contributed by atoms with Gasteiger partial charge in [-0.25, -0.2) is 4.57 Å². The fraction of sp³-hybridized carbons (Fsp3) is 0.294. The maximum Gasteiger partial charge on any atom is 0.224 e.